The van der Waals surface area contributed by atoms with E-state index in [2.05, 4.69) is 35.8 Å². The molecule has 2 rings (SSSR count). The lowest BCUT2D eigenvalue weighted by Gasteiger charge is -2.19. The van der Waals surface area contributed by atoms with Crippen molar-refractivity contribution < 1.29 is 0 Å². The fourth-order valence-electron chi connectivity index (χ4n) is 2.46. The van der Waals surface area contributed by atoms with Crippen LogP contribution in [0.5, 0.6) is 0 Å². The Hall–Kier alpha value is -0.0500. The van der Waals surface area contributed by atoms with Crippen LogP contribution in [-0.2, 0) is 5.41 Å². The van der Waals surface area contributed by atoms with Crippen molar-refractivity contribution in [2.24, 2.45) is 11.1 Å². The second-order valence-electron chi connectivity index (χ2n) is 4.98. The summed E-state index contributed by atoms with van der Waals surface area (Å²) in [5.74, 6) is 0. The van der Waals surface area contributed by atoms with Gasteiger partial charge in [-0.1, -0.05) is 31.5 Å². The van der Waals surface area contributed by atoms with E-state index >= 15 is 0 Å². The van der Waals surface area contributed by atoms with Crippen molar-refractivity contribution in [3.8, 4) is 0 Å². The van der Waals surface area contributed by atoms with E-state index in [9.17, 15) is 0 Å². The van der Waals surface area contributed by atoms with Gasteiger partial charge in [-0.2, -0.15) is 0 Å². The number of benzene rings is 1. The van der Waals surface area contributed by atoms with Gasteiger partial charge in [0.1, 0.15) is 0 Å². The fourth-order valence-corrected chi connectivity index (χ4v) is 2.89. The average molecular weight is 289 g/mol. The van der Waals surface area contributed by atoms with Crippen LogP contribution in [0.2, 0.25) is 5.02 Å². The number of nitrogens with two attached hydrogens (primary N) is 1. The lowest BCUT2D eigenvalue weighted by atomic mass is 9.88. The van der Waals surface area contributed by atoms with Gasteiger partial charge in [-0.15, -0.1) is 0 Å². The Balaban J connectivity index is 2.42. The molecule has 0 spiro atoms. The third-order valence-corrected chi connectivity index (χ3v) is 4.97. The van der Waals surface area contributed by atoms with Crippen LogP contribution in [0.3, 0.4) is 0 Å². The Morgan fingerprint density at radius 2 is 2.07 bits per heavy atom. The molecule has 0 bridgehead atoms. The van der Waals surface area contributed by atoms with Crippen molar-refractivity contribution in [3.63, 3.8) is 0 Å². The zero-order valence-corrected chi connectivity index (χ0v) is 11.3. The molecule has 1 aromatic rings. The molecule has 1 saturated carbocycles. The van der Waals surface area contributed by atoms with Gasteiger partial charge in [0.05, 0.1) is 5.02 Å². The highest BCUT2D eigenvalue weighted by Gasteiger charge is 2.60. The van der Waals surface area contributed by atoms with Gasteiger partial charge in [-0.3, -0.25) is 0 Å². The van der Waals surface area contributed by atoms with Crippen molar-refractivity contribution in [2.75, 3.05) is 6.54 Å². The maximum absolute atomic E-state index is 6.11. The first-order chi connectivity index (χ1) is 6.93. The Labute approximate surface area is 104 Å². The van der Waals surface area contributed by atoms with Gasteiger partial charge in [0.2, 0.25) is 0 Å². The first-order valence-corrected chi connectivity index (χ1v) is 6.26. The summed E-state index contributed by atoms with van der Waals surface area (Å²) < 4.78 is 0.943. The van der Waals surface area contributed by atoms with Crippen molar-refractivity contribution in [3.05, 3.63) is 33.3 Å². The van der Waals surface area contributed by atoms with Crippen LogP contribution in [0, 0.1) is 5.41 Å². The standard InChI is InChI=1S/C12H15BrClN/c1-11(2)6-12(11,7-15)8-3-4-9(13)10(14)5-8/h3-5H,6-7,15H2,1-2H3. The predicted octanol–water partition coefficient (Wildman–Crippen LogP) is 3.73. The minimum absolute atomic E-state index is 0.136. The van der Waals surface area contributed by atoms with Crippen LogP contribution in [0.25, 0.3) is 0 Å². The highest BCUT2D eigenvalue weighted by molar-refractivity contribution is 9.10. The molecule has 1 fully saturated rings. The minimum Gasteiger partial charge on any atom is -0.330 e. The molecule has 0 radical (unpaired) electrons. The molecule has 0 saturated heterocycles. The average Bonchev–Trinajstić information content (AvgIpc) is 2.75. The molecule has 1 aliphatic rings. The van der Waals surface area contributed by atoms with E-state index in [1.807, 2.05) is 12.1 Å². The molecule has 1 unspecified atom stereocenters. The van der Waals surface area contributed by atoms with E-state index in [4.69, 9.17) is 17.3 Å². The van der Waals surface area contributed by atoms with E-state index in [1.165, 1.54) is 5.56 Å². The van der Waals surface area contributed by atoms with Crippen LogP contribution in [0.4, 0.5) is 0 Å². The molecular weight excluding hydrogens is 273 g/mol. The van der Waals surface area contributed by atoms with Gasteiger partial charge in [-0.25, -0.2) is 0 Å². The van der Waals surface area contributed by atoms with Gasteiger partial charge >= 0.3 is 0 Å². The molecule has 1 aliphatic carbocycles. The van der Waals surface area contributed by atoms with Gasteiger partial charge in [0.25, 0.3) is 0 Å². The third-order valence-electron chi connectivity index (χ3n) is 3.73. The molecule has 1 atom stereocenters. The summed E-state index contributed by atoms with van der Waals surface area (Å²) in [4.78, 5) is 0. The van der Waals surface area contributed by atoms with Gasteiger partial charge in [0, 0.05) is 16.4 Å². The SMILES string of the molecule is CC1(C)CC1(CN)c1ccc(Br)c(Cl)c1. The lowest BCUT2D eigenvalue weighted by molar-refractivity contribution is 0.503. The van der Waals surface area contributed by atoms with E-state index < -0.39 is 0 Å². The number of hydrogen-bond acceptors (Lipinski definition) is 1. The molecule has 0 amide bonds. The Kier molecular flexibility index (Phi) is 2.65. The largest absolute Gasteiger partial charge is 0.330 e. The van der Waals surface area contributed by atoms with Crippen LogP contribution >= 0.6 is 27.5 Å². The first kappa shape index (κ1) is 11.4. The quantitative estimate of drug-likeness (QED) is 0.882. The summed E-state index contributed by atoms with van der Waals surface area (Å²) in [7, 11) is 0. The summed E-state index contributed by atoms with van der Waals surface area (Å²) in [6.45, 7) is 5.21. The van der Waals surface area contributed by atoms with Crippen LogP contribution in [-0.4, -0.2) is 6.54 Å². The predicted molar refractivity (Wildman–Crippen MR) is 68.3 cm³/mol. The van der Waals surface area contributed by atoms with E-state index in [-0.39, 0.29) is 5.41 Å². The van der Waals surface area contributed by atoms with E-state index in [0.717, 1.165) is 15.9 Å². The molecule has 0 aromatic heterocycles. The summed E-state index contributed by atoms with van der Waals surface area (Å²) in [5, 5.41) is 0.767. The number of halogens is 2. The fraction of sp³-hybridized carbons (Fsp3) is 0.500. The Bertz CT molecular complexity index is 403. The topological polar surface area (TPSA) is 26.0 Å². The molecule has 3 heteroatoms. The van der Waals surface area contributed by atoms with Gasteiger partial charge in [-0.05, 0) is 45.5 Å². The highest BCUT2D eigenvalue weighted by atomic mass is 79.9. The smallest absolute Gasteiger partial charge is 0.0551 e. The van der Waals surface area contributed by atoms with E-state index in [0.29, 0.717) is 12.0 Å². The summed E-state index contributed by atoms with van der Waals surface area (Å²) in [6, 6.07) is 6.16. The van der Waals surface area contributed by atoms with Crippen LogP contribution in [0.15, 0.2) is 22.7 Å². The molecule has 82 valence electrons. The molecule has 0 aliphatic heterocycles. The van der Waals surface area contributed by atoms with Gasteiger partial charge in [0.15, 0.2) is 0 Å². The first-order valence-electron chi connectivity index (χ1n) is 5.08. The Morgan fingerprint density at radius 3 is 2.47 bits per heavy atom. The van der Waals surface area contributed by atoms with E-state index in [1.54, 1.807) is 0 Å². The summed E-state index contributed by atoms with van der Waals surface area (Å²) >= 11 is 9.51. The van der Waals surface area contributed by atoms with Crippen molar-refractivity contribution >= 4 is 27.5 Å². The number of hydrogen-bond donors (Lipinski definition) is 1. The zero-order chi connectivity index (χ0) is 11.3. The van der Waals surface area contributed by atoms with Gasteiger partial charge < -0.3 is 5.73 Å². The van der Waals surface area contributed by atoms with Crippen molar-refractivity contribution in [1.29, 1.82) is 0 Å². The van der Waals surface area contributed by atoms with Crippen LogP contribution in [0.1, 0.15) is 25.8 Å². The molecule has 0 heterocycles. The maximum atomic E-state index is 6.11. The molecular formula is C12H15BrClN. The van der Waals surface area contributed by atoms with Crippen LogP contribution < -0.4 is 5.73 Å². The van der Waals surface area contributed by atoms with Crippen molar-refractivity contribution in [1.82, 2.24) is 0 Å². The Morgan fingerprint density at radius 1 is 1.47 bits per heavy atom. The molecule has 1 aromatic carbocycles. The monoisotopic (exact) mass is 287 g/mol. The lowest BCUT2D eigenvalue weighted by Crippen LogP contribution is -2.25. The second kappa shape index (κ2) is 3.47. The second-order valence-corrected chi connectivity index (χ2v) is 6.24. The third kappa shape index (κ3) is 1.63. The molecule has 2 N–H and O–H groups in total. The zero-order valence-electron chi connectivity index (χ0n) is 8.98. The van der Waals surface area contributed by atoms with Crippen molar-refractivity contribution in [2.45, 2.75) is 25.7 Å². The molecule has 1 nitrogen and oxygen atoms in total. The molecule has 15 heavy (non-hydrogen) atoms. The normalized spacial score (nSPS) is 27.8. The number of rotatable bonds is 2. The summed E-state index contributed by atoms with van der Waals surface area (Å²) in [6.07, 6.45) is 1.15. The maximum Gasteiger partial charge on any atom is 0.0551 e. The highest BCUT2D eigenvalue weighted by Crippen LogP contribution is 2.63. The minimum atomic E-state index is 0.136. The summed E-state index contributed by atoms with van der Waals surface area (Å²) in [5.41, 5.74) is 7.62.